The van der Waals surface area contributed by atoms with Gasteiger partial charge in [0.15, 0.2) is 0 Å². The number of allylic oxidation sites excluding steroid dienone is 1. The third-order valence-corrected chi connectivity index (χ3v) is 1.93. The van der Waals surface area contributed by atoms with E-state index in [4.69, 9.17) is 5.73 Å². The minimum atomic E-state index is -0.268. The molecule has 0 aliphatic heterocycles. The van der Waals surface area contributed by atoms with Gasteiger partial charge in [-0.15, -0.1) is 0 Å². The van der Waals surface area contributed by atoms with Crippen LogP contribution in [0, 0.1) is 5.92 Å². The van der Waals surface area contributed by atoms with Crippen molar-refractivity contribution < 1.29 is 4.79 Å². The zero-order valence-electron chi connectivity index (χ0n) is 8.48. The van der Waals surface area contributed by atoms with Crippen LogP contribution in [0.2, 0.25) is 0 Å². The summed E-state index contributed by atoms with van der Waals surface area (Å²) in [6, 6.07) is 0. The van der Waals surface area contributed by atoms with Crippen LogP contribution in [0.15, 0.2) is 11.1 Å². The van der Waals surface area contributed by atoms with Gasteiger partial charge in [0.05, 0.1) is 0 Å². The topological polar surface area (TPSA) is 43.1 Å². The summed E-state index contributed by atoms with van der Waals surface area (Å²) in [6.45, 7) is 8.09. The van der Waals surface area contributed by atoms with Crippen molar-refractivity contribution in [2.24, 2.45) is 11.7 Å². The molecule has 2 nitrogen and oxygen atoms in total. The quantitative estimate of drug-likeness (QED) is 0.644. The van der Waals surface area contributed by atoms with Gasteiger partial charge < -0.3 is 5.73 Å². The fraction of sp³-hybridized carbons (Fsp3) is 0.700. The fourth-order valence-electron chi connectivity index (χ4n) is 1.50. The van der Waals surface area contributed by atoms with Crippen molar-refractivity contribution >= 4 is 5.91 Å². The first-order valence-electron chi connectivity index (χ1n) is 4.50. The van der Waals surface area contributed by atoms with Crippen molar-refractivity contribution in [2.45, 2.75) is 40.5 Å². The van der Waals surface area contributed by atoms with Crippen molar-refractivity contribution in [3.05, 3.63) is 11.1 Å². The summed E-state index contributed by atoms with van der Waals surface area (Å²) in [5.41, 5.74) is 7.21. The molecule has 0 saturated heterocycles. The number of carbonyl (C=O) groups is 1. The van der Waals surface area contributed by atoms with Crippen LogP contribution >= 0.6 is 0 Å². The summed E-state index contributed by atoms with van der Waals surface area (Å²) >= 11 is 0. The predicted octanol–water partition coefficient (Wildman–Crippen LogP) is 2.24. The highest BCUT2D eigenvalue weighted by atomic mass is 16.1. The lowest BCUT2D eigenvalue weighted by atomic mass is 9.95. The van der Waals surface area contributed by atoms with Crippen molar-refractivity contribution in [3.8, 4) is 0 Å². The molecular formula is C10H19NO. The van der Waals surface area contributed by atoms with Gasteiger partial charge in [-0.1, -0.05) is 32.8 Å². The molecule has 0 radical (unpaired) electrons. The van der Waals surface area contributed by atoms with Crippen LogP contribution in [0.1, 0.15) is 40.5 Å². The Morgan fingerprint density at radius 3 is 2.17 bits per heavy atom. The average Bonchev–Trinajstić information content (AvgIpc) is 1.85. The van der Waals surface area contributed by atoms with Crippen molar-refractivity contribution in [2.75, 3.05) is 0 Å². The highest BCUT2D eigenvalue weighted by Crippen LogP contribution is 2.17. The Balaban J connectivity index is 4.68. The fourth-order valence-corrected chi connectivity index (χ4v) is 1.50. The van der Waals surface area contributed by atoms with Crippen LogP contribution in [0.25, 0.3) is 0 Å². The molecular weight excluding hydrogens is 150 g/mol. The van der Waals surface area contributed by atoms with Crippen LogP contribution in [0.5, 0.6) is 0 Å². The van der Waals surface area contributed by atoms with Crippen molar-refractivity contribution in [1.82, 2.24) is 0 Å². The van der Waals surface area contributed by atoms with Gasteiger partial charge in [-0.3, -0.25) is 4.79 Å². The first kappa shape index (κ1) is 11.2. The van der Waals surface area contributed by atoms with Gasteiger partial charge in [0.1, 0.15) is 0 Å². The zero-order chi connectivity index (χ0) is 9.72. The zero-order valence-corrected chi connectivity index (χ0v) is 8.48. The van der Waals surface area contributed by atoms with E-state index >= 15 is 0 Å². The van der Waals surface area contributed by atoms with E-state index in [0.29, 0.717) is 0 Å². The second-order valence-corrected chi connectivity index (χ2v) is 3.46. The van der Waals surface area contributed by atoms with Gasteiger partial charge in [-0.2, -0.15) is 0 Å². The normalized spacial score (nSPS) is 13.1. The molecule has 0 bridgehead atoms. The maximum absolute atomic E-state index is 11.0. The molecule has 0 atom stereocenters. The van der Waals surface area contributed by atoms with Crippen LogP contribution in [0.3, 0.4) is 0 Å². The van der Waals surface area contributed by atoms with E-state index in [2.05, 4.69) is 6.92 Å². The molecule has 0 heterocycles. The minimum absolute atomic E-state index is 0.244. The second-order valence-electron chi connectivity index (χ2n) is 3.46. The Kier molecular flexibility index (Phi) is 4.64. The van der Waals surface area contributed by atoms with Crippen LogP contribution in [0.4, 0.5) is 0 Å². The highest BCUT2D eigenvalue weighted by Gasteiger charge is 2.12. The lowest BCUT2D eigenvalue weighted by Crippen LogP contribution is -2.19. The Hall–Kier alpha value is -0.790. The second kappa shape index (κ2) is 4.96. The number of nitrogens with two attached hydrogens (primary N) is 1. The number of amides is 1. The maximum Gasteiger partial charge on any atom is 0.244 e. The van der Waals surface area contributed by atoms with Gasteiger partial charge >= 0.3 is 0 Å². The molecule has 2 heteroatoms. The van der Waals surface area contributed by atoms with Gasteiger partial charge in [0, 0.05) is 5.57 Å². The number of rotatable bonds is 4. The monoisotopic (exact) mass is 169 g/mol. The molecule has 1 amide bonds. The standard InChI is InChI=1S/C10H19NO/c1-5-6-8(4)9(7(2)3)10(11)12/h7H,5-6H2,1-4H3,(H2,11,12). The van der Waals surface area contributed by atoms with Gasteiger partial charge in [-0.05, 0) is 19.3 Å². The Labute approximate surface area is 74.8 Å². The lowest BCUT2D eigenvalue weighted by molar-refractivity contribution is -0.115. The summed E-state index contributed by atoms with van der Waals surface area (Å²) in [6.07, 6.45) is 2.03. The van der Waals surface area contributed by atoms with Crippen LogP contribution in [-0.4, -0.2) is 5.91 Å². The Morgan fingerprint density at radius 2 is 1.92 bits per heavy atom. The summed E-state index contributed by atoms with van der Waals surface area (Å²) in [7, 11) is 0. The van der Waals surface area contributed by atoms with Crippen LogP contribution < -0.4 is 5.73 Å². The SMILES string of the molecule is CCCC(C)=C(C(N)=O)C(C)C. The van der Waals surface area contributed by atoms with E-state index in [9.17, 15) is 4.79 Å². The van der Waals surface area contributed by atoms with Gasteiger partial charge in [0.25, 0.3) is 0 Å². The maximum atomic E-state index is 11.0. The summed E-state index contributed by atoms with van der Waals surface area (Å²) in [5.74, 6) is -0.0231. The molecule has 0 aromatic carbocycles. The predicted molar refractivity (Wildman–Crippen MR) is 51.6 cm³/mol. The van der Waals surface area contributed by atoms with E-state index in [-0.39, 0.29) is 11.8 Å². The Bertz CT molecular complexity index is 192. The summed E-state index contributed by atoms with van der Waals surface area (Å²) in [5, 5.41) is 0. The molecule has 0 unspecified atom stereocenters. The van der Waals surface area contributed by atoms with E-state index in [0.717, 1.165) is 24.0 Å². The summed E-state index contributed by atoms with van der Waals surface area (Å²) < 4.78 is 0. The number of primary amides is 1. The first-order valence-corrected chi connectivity index (χ1v) is 4.50. The smallest absolute Gasteiger partial charge is 0.244 e. The molecule has 0 aliphatic rings. The van der Waals surface area contributed by atoms with Crippen LogP contribution in [-0.2, 0) is 4.79 Å². The largest absolute Gasteiger partial charge is 0.366 e. The lowest BCUT2D eigenvalue weighted by Gasteiger charge is -2.11. The van der Waals surface area contributed by atoms with E-state index in [1.807, 2.05) is 20.8 Å². The third-order valence-electron chi connectivity index (χ3n) is 1.93. The molecule has 2 N–H and O–H groups in total. The van der Waals surface area contributed by atoms with Gasteiger partial charge in [0.2, 0.25) is 5.91 Å². The first-order chi connectivity index (χ1) is 5.50. The molecule has 0 spiro atoms. The number of hydrogen-bond donors (Lipinski definition) is 1. The molecule has 0 rings (SSSR count). The highest BCUT2D eigenvalue weighted by molar-refractivity contribution is 5.93. The molecule has 0 saturated carbocycles. The average molecular weight is 169 g/mol. The van der Waals surface area contributed by atoms with Crippen molar-refractivity contribution in [1.29, 1.82) is 0 Å². The van der Waals surface area contributed by atoms with E-state index in [1.54, 1.807) is 0 Å². The summed E-state index contributed by atoms with van der Waals surface area (Å²) in [4.78, 5) is 11.0. The molecule has 70 valence electrons. The van der Waals surface area contributed by atoms with Gasteiger partial charge in [-0.25, -0.2) is 0 Å². The number of hydrogen-bond acceptors (Lipinski definition) is 1. The molecule has 0 aliphatic carbocycles. The Morgan fingerprint density at radius 1 is 1.42 bits per heavy atom. The van der Waals surface area contributed by atoms with Crippen molar-refractivity contribution in [3.63, 3.8) is 0 Å². The molecule has 0 aromatic heterocycles. The molecule has 0 aromatic rings. The molecule has 0 fully saturated rings. The molecule has 12 heavy (non-hydrogen) atoms. The van der Waals surface area contributed by atoms with E-state index < -0.39 is 0 Å². The minimum Gasteiger partial charge on any atom is -0.366 e. The third kappa shape index (κ3) is 3.07. The number of carbonyl (C=O) groups excluding carboxylic acids is 1. The van der Waals surface area contributed by atoms with E-state index in [1.165, 1.54) is 0 Å².